The van der Waals surface area contributed by atoms with E-state index in [9.17, 15) is 0 Å². The minimum absolute atomic E-state index is 0.318. The number of guanidine groups is 1. The molecule has 3 heterocycles. The molecule has 3 aliphatic heterocycles. The third kappa shape index (κ3) is 4.00. The summed E-state index contributed by atoms with van der Waals surface area (Å²) in [5.74, 6) is 1.81. The zero-order valence-electron chi connectivity index (χ0n) is 18.8. The van der Waals surface area contributed by atoms with Gasteiger partial charge in [-0.1, -0.05) is 12.8 Å². The third-order valence-electron chi connectivity index (χ3n) is 8.41. The zero-order valence-corrected chi connectivity index (χ0v) is 18.8. The molecule has 6 nitrogen and oxygen atoms in total. The Morgan fingerprint density at radius 1 is 1.03 bits per heavy atom. The van der Waals surface area contributed by atoms with Crippen molar-refractivity contribution in [2.45, 2.75) is 95.5 Å². The Hall–Kier alpha value is -0.850. The smallest absolute Gasteiger partial charge is 0.194 e. The number of hydrogen-bond acceptors (Lipinski definition) is 4. The van der Waals surface area contributed by atoms with Gasteiger partial charge in [0.05, 0.1) is 24.9 Å². The molecule has 0 aromatic carbocycles. The van der Waals surface area contributed by atoms with Crippen molar-refractivity contribution in [2.24, 2.45) is 16.3 Å². The minimum atomic E-state index is 0.318. The fourth-order valence-corrected chi connectivity index (χ4v) is 6.85. The lowest BCUT2D eigenvalue weighted by Gasteiger charge is -2.57. The van der Waals surface area contributed by atoms with Crippen LogP contribution in [0.15, 0.2) is 4.99 Å². The van der Waals surface area contributed by atoms with Crippen LogP contribution in [0.25, 0.3) is 0 Å². The number of likely N-dealkylation sites (tertiary alicyclic amines) is 1. The van der Waals surface area contributed by atoms with E-state index in [1.807, 2.05) is 0 Å². The van der Waals surface area contributed by atoms with Crippen molar-refractivity contribution < 1.29 is 14.2 Å². The average molecular weight is 420 g/mol. The quantitative estimate of drug-likeness (QED) is 0.547. The van der Waals surface area contributed by atoms with E-state index in [2.05, 4.69) is 17.1 Å². The summed E-state index contributed by atoms with van der Waals surface area (Å²) in [5.41, 5.74) is 0.372. The maximum absolute atomic E-state index is 6.23. The van der Waals surface area contributed by atoms with Gasteiger partial charge in [0, 0.05) is 50.2 Å². The van der Waals surface area contributed by atoms with Gasteiger partial charge in [0.2, 0.25) is 0 Å². The zero-order chi connectivity index (χ0) is 20.4. The summed E-state index contributed by atoms with van der Waals surface area (Å²) < 4.78 is 18.2. The molecular formula is C24H41N3O3. The van der Waals surface area contributed by atoms with E-state index in [4.69, 9.17) is 19.2 Å². The summed E-state index contributed by atoms with van der Waals surface area (Å²) in [6.45, 7) is 7.68. The molecule has 3 saturated heterocycles. The topological polar surface area (TPSA) is 55.3 Å². The first kappa shape index (κ1) is 21.0. The van der Waals surface area contributed by atoms with Crippen molar-refractivity contribution in [3.05, 3.63) is 0 Å². The van der Waals surface area contributed by atoms with Gasteiger partial charge in [0.15, 0.2) is 5.96 Å². The lowest BCUT2D eigenvalue weighted by Crippen LogP contribution is -2.69. The predicted octanol–water partition coefficient (Wildman–Crippen LogP) is 3.35. The molecule has 2 aliphatic carbocycles. The maximum Gasteiger partial charge on any atom is 0.194 e. The summed E-state index contributed by atoms with van der Waals surface area (Å²) in [6, 6.07) is 0.551. The highest BCUT2D eigenvalue weighted by molar-refractivity contribution is 5.80. The van der Waals surface area contributed by atoms with E-state index in [0.29, 0.717) is 35.7 Å². The molecule has 0 aromatic rings. The van der Waals surface area contributed by atoms with Gasteiger partial charge in [0.25, 0.3) is 0 Å². The molecule has 6 heteroatoms. The van der Waals surface area contributed by atoms with Gasteiger partial charge < -0.3 is 24.4 Å². The normalized spacial score (nSPS) is 36.7. The van der Waals surface area contributed by atoms with Crippen molar-refractivity contribution in [3.8, 4) is 0 Å². The molecule has 30 heavy (non-hydrogen) atoms. The molecule has 2 saturated carbocycles. The molecule has 0 aromatic heterocycles. The molecule has 170 valence electrons. The fraction of sp³-hybridized carbons (Fsp3) is 0.958. The Balaban J connectivity index is 1.15. The highest BCUT2D eigenvalue weighted by Crippen LogP contribution is 2.60. The van der Waals surface area contributed by atoms with Crippen molar-refractivity contribution in [3.63, 3.8) is 0 Å². The van der Waals surface area contributed by atoms with Gasteiger partial charge >= 0.3 is 0 Å². The monoisotopic (exact) mass is 419 g/mol. The Kier molecular flexibility index (Phi) is 6.54. The SMILES string of the molecule is CCN=C(NC1C2CCOC2C12CCCC2)N1CCC(OCC2CCCCO2)CC1. The van der Waals surface area contributed by atoms with Crippen LogP contribution in [0.1, 0.15) is 71.1 Å². The van der Waals surface area contributed by atoms with Crippen LogP contribution < -0.4 is 5.32 Å². The van der Waals surface area contributed by atoms with E-state index in [1.54, 1.807) is 0 Å². The van der Waals surface area contributed by atoms with Gasteiger partial charge in [-0.25, -0.2) is 0 Å². The number of piperidine rings is 1. The van der Waals surface area contributed by atoms with Crippen LogP contribution in [0, 0.1) is 11.3 Å². The Bertz CT molecular complexity index is 593. The van der Waals surface area contributed by atoms with Gasteiger partial charge in [-0.15, -0.1) is 0 Å². The van der Waals surface area contributed by atoms with Crippen molar-refractivity contribution in [1.82, 2.24) is 10.2 Å². The number of fused-ring (bicyclic) bond motifs is 2. The van der Waals surface area contributed by atoms with Gasteiger partial charge in [-0.05, 0) is 58.3 Å². The second-order valence-corrected chi connectivity index (χ2v) is 10.1. The first-order valence-electron chi connectivity index (χ1n) is 12.7. The molecule has 1 N–H and O–H groups in total. The summed E-state index contributed by atoms with van der Waals surface area (Å²) in [5, 5.41) is 3.96. The highest BCUT2D eigenvalue weighted by Gasteiger charge is 2.65. The molecule has 5 fully saturated rings. The number of rotatable bonds is 5. The minimum Gasteiger partial charge on any atom is -0.377 e. The molecular weight excluding hydrogens is 378 g/mol. The average Bonchev–Trinajstić information content (AvgIpc) is 3.46. The number of ether oxygens (including phenoxy) is 3. The Morgan fingerprint density at radius 2 is 1.87 bits per heavy atom. The summed E-state index contributed by atoms with van der Waals surface area (Å²) in [6.07, 6.45) is 13.6. The lowest BCUT2D eigenvalue weighted by molar-refractivity contribution is -0.125. The van der Waals surface area contributed by atoms with Crippen LogP contribution in [0.5, 0.6) is 0 Å². The first-order valence-corrected chi connectivity index (χ1v) is 12.7. The molecule has 5 aliphatic rings. The van der Waals surface area contributed by atoms with E-state index in [1.165, 1.54) is 44.9 Å². The van der Waals surface area contributed by atoms with Crippen LogP contribution >= 0.6 is 0 Å². The summed E-state index contributed by atoms with van der Waals surface area (Å²) >= 11 is 0. The fourth-order valence-electron chi connectivity index (χ4n) is 6.85. The van der Waals surface area contributed by atoms with Crippen LogP contribution in [-0.4, -0.2) is 74.7 Å². The first-order chi connectivity index (χ1) is 14.8. The van der Waals surface area contributed by atoms with Crippen molar-refractivity contribution in [1.29, 1.82) is 0 Å². The van der Waals surface area contributed by atoms with Crippen LogP contribution in [0.2, 0.25) is 0 Å². The molecule has 4 unspecified atom stereocenters. The molecule has 0 radical (unpaired) electrons. The number of nitrogens with zero attached hydrogens (tertiary/aromatic N) is 2. The predicted molar refractivity (Wildman–Crippen MR) is 118 cm³/mol. The van der Waals surface area contributed by atoms with E-state index in [0.717, 1.165) is 64.7 Å². The van der Waals surface area contributed by atoms with E-state index < -0.39 is 0 Å². The largest absolute Gasteiger partial charge is 0.377 e. The van der Waals surface area contributed by atoms with Crippen molar-refractivity contribution >= 4 is 5.96 Å². The molecule has 5 rings (SSSR count). The van der Waals surface area contributed by atoms with E-state index in [-0.39, 0.29) is 0 Å². The molecule has 0 amide bonds. The third-order valence-corrected chi connectivity index (χ3v) is 8.41. The summed E-state index contributed by atoms with van der Waals surface area (Å²) in [4.78, 5) is 7.39. The van der Waals surface area contributed by atoms with E-state index >= 15 is 0 Å². The lowest BCUT2D eigenvalue weighted by atomic mass is 9.54. The second-order valence-electron chi connectivity index (χ2n) is 10.1. The number of nitrogens with one attached hydrogen (secondary N) is 1. The standard InChI is InChI=1S/C24H41N3O3/c1-2-25-23(26-21-20-10-16-29-22(20)24(21)11-4-5-12-24)27-13-8-18(9-14-27)30-17-19-7-3-6-15-28-19/h18-22H,2-17H2,1H3,(H,25,26). The molecule has 1 spiro atoms. The summed E-state index contributed by atoms with van der Waals surface area (Å²) in [7, 11) is 0. The number of aliphatic imine (C=N–C) groups is 1. The Morgan fingerprint density at radius 3 is 2.60 bits per heavy atom. The van der Waals surface area contributed by atoms with Crippen LogP contribution in [0.4, 0.5) is 0 Å². The highest BCUT2D eigenvalue weighted by atomic mass is 16.5. The van der Waals surface area contributed by atoms with Crippen molar-refractivity contribution in [2.75, 3.05) is 39.5 Å². The van der Waals surface area contributed by atoms with Gasteiger partial charge in [0.1, 0.15) is 0 Å². The number of hydrogen-bond donors (Lipinski definition) is 1. The van der Waals surface area contributed by atoms with Gasteiger partial charge in [-0.2, -0.15) is 0 Å². The second kappa shape index (κ2) is 9.33. The van der Waals surface area contributed by atoms with Crippen LogP contribution in [0.3, 0.4) is 0 Å². The molecule has 4 atom stereocenters. The maximum atomic E-state index is 6.23. The Labute approximate surface area is 182 Å². The molecule has 0 bridgehead atoms. The van der Waals surface area contributed by atoms with Crippen LogP contribution in [-0.2, 0) is 14.2 Å². The van der Waals surface area contributed by atoms with Gasteiger partial charge in [-0.3, -0.25) is 4.99 Å².